The van der Waals surface area contributed by atoms with Crippen molar-refractivity contribution in [3.8, 4) is 5.75 Å². The topological polar surface area (TPSA) is 94.9 Å². The number of halogens is 1. The number of ether oxygens (including phenoxy) is 1. The van der Waals surface area contributed by atoms with Gasteiger partial charge < -0.3 is 9.15 Å². The van der Waals surface area contributed by atoms with Crippen molar-refractivity contribution in [1.29, 1.82) is 0 Å². The van der Waals surface area contributed by atoms with Crippen molar-refractivity contribution in [2.75, 3.05) is 0 Å². The minimum atomic E-state index is -0.549. The molecule has 8 heteroatoms. The van der Waals surface area contributed by atoms with Gasteiger partial charge >= 0.3 is 11.7 Å². The normalized spacial score (nSPS) is 13.5. The van der Waals surface area contributed by atoms with Gasteiger partial charge in [0.2, 0.25) is 5.75 Å². The molecular formula is C23H21IN2O5. The van der Waals surface area contributed by atoms with Gasteiger partial charge in [0.25, 0.3) is 0 Å². The van der Waals surface area contributed by atoms with Crippen LogP contribution >= 0.6 is 22.6 Å². The Morgan fingerprint density at radius 1 is 1.32 bits per heavy atom. The molecule has 7 nitrogen and oxygen atoms in total. The molecule has 4 rings (SSSR count). The second-order valence-corrected chi connectivity index (χ2v) is 8.74. The Labute approximate surface area is 192 Å². The molecule has 0 saturated heterocycles. The standard InChI is InChI=1S/C23H21IN2O5/c1-3-21(27)31-23-16(12-25-17-9-8-14(24)10-13(17)2)22-15-6-4-5-7-19(15)30-20(22)11-18(23)26(28)29/h8-12H,3-7H2,1-2H3. The van der Waals surface area contributed by atoms with Crippen molar-refractivity contribution in [2.45, 2.75) is 46.0 Å². The molecule has 0 saturated carbocycles. The number of fused-ring (bicyclic) bond motifs is 3. The van der Waals surface area contributed by atoms with E-state index >= 15 is 0 Å². The number of carbonyl (C=O) groups is 1. The van der Waals surface area contributed by atoms with Gasteiger partial charge in [-0.1, -0.05) is 6.92 Å². The van der Waals surface area contributed by atoms with E-state index in [9.17, 15) is 14.9 Å². The number of furan rings is 1. The summed E-state index contributed by atoms with van der Waals surface area (Å²) in [6.07, 6.45) is 5.28. The number of nitrogens with zero attached hydrogens (tertiary/aromatic N) is 2. The molecule has 0 N–H and O–H groups in total. The van der Waals surface area contributed by atoms with Crippen molar-refractivity contribution in [3.63, 3.8) is 0 Å². The van der Waals surface area contributed by atoms with E-state index in [1.807, 2.05) is 25.1 Å². The zero-order valence-electron chi connectivity index (χ0n) is 17.2. The molecule has 1 heterocycles. The number of aryl methyl sites for hydroxylation is 3. The SMILES string of the molecule is CCC(=O)Oc1c([N+](=O)[O-])cc2oc3c(c2c1C=Nc1ccc(I)cc1C)CCCC3. The maximum Gasteiger partial charge on any atom is 0.316 e. The summed E-state index contributed by atoms with van der Waals surface area (Å²) in [5.74, 6) is 0.222. The lowest BCUT2D eigenvalue weighted by Gasteiger charge is -2.12. The van der Waals surface area contributed by atoms with E-state index < -0.39 is 10.9 Å². The van der Waals surface area contributed by atoms with Gasteiger partial charge in [0.15, 0.2) is 0 Å². The van der Waals surface area contributed by atoms with Gasteiger partial charge in [-0.05, 0) is 72.5 Å². The molecule has 0 atom stereocenters. The summed E-state index contributed by atoms with van der Waals surface area (Å²) in [5.41, 5.74) is 3.27. The van der Waals surface area contributed by atoms with Crippen LogP contribution < -0.4 is 4.74 Å². The van der Waals surface area contributed by atoms with Crippen molar-refractivity contribution in [2.24, 2.45) is 4.99 Å². The van der Waals surface area contributed by atoms with E-state index in [1.54, 1.807) is 13.1 Å². The molecule has 0 bridgehead atoms. The van der Waals surface area contributed by atoms with Crippen LogP contribution in [0.3, 0.4) is 0 Å². The Morgan fingerprint density at radius 2 is 2.10 bits per heavy atom. The summed E-state index contributed by atoms with van der Waals surface area (Å²) in [6.45, 7) is 3.60. The molecule has 31 heavy (non-hydrogen) atoms. The highest BCUT2D eigenvalue weighted by Gasteiger charge is 2.29. The average molecular weight is 532 g/mol. The molecule has 0 amide bonds. The predicted molar refractivity (Wildman–Crippen MR) is 127 cm³/mol. The number of hydrogen-bond donors (Lipinski definition) is 0. The number of nitro benzene ring substituents is 1. The average Bonchev–Trinajstić information content (AvgIpc) is 3.11. The summed E-state index contributed by atoms with van der Waals surface area (Å²) in [5, 5.41) is 12.6. The number of esters is 1. The zero-order chi connectivity index (χ0) is 22.1. The molecular weight excluding hydrogens is 511 g/mol. The van der Waals surface area contributed by atoms with Gasteiger partial charge in [-0.2, -0.15) is 0 Å². The lowest BCUT2D eigenvalue weighted by atomic mass is 9.93. The highest BCUT2D eigenvalue weighted by atomic mass is 127. The van der Waals surface area contributed by atoms with Crippen molar-refractivity contribution >= 4 is 57.1 Å². The summed E-state index contributed by atoms with van der Waals surface area (Å²) < 4.78 is 12.6. The van der Waals surface area contributed by atoms with Crippen molar-refractivity contribution in [3.05, 3.63) is 60.4 Å². The van der Waals surface area contributed by atoms with Gasteiger partial charge in [-0.3, -0.25) is 19.9 Å². The van der Waals surface area contributed by atoms with E-state index in [0.717, 1.165) is 57.2 Å². The first-order valence-electron chi connectivity index (χ1n) is 10.2. The number of hydrogen-bond acceptors (Lipinski definition) is 6. The van der Waals surface area contributed by atoms with Crippen LogP contribution in [0, 0.1) is 20.6 Å². The monoisotopic (exact) mass is 532 g/mol. The molecule has 160 valence electrons. The van der Waals surface area contributed by atoms with Crippen LogP contribution in [0.25, 0.3) is 11.0 Å². The predicted octanol–water partition coefficient (Wildman–Crippen LogP) is 6.20. The molecule has 1 aromatic heterocycles. The minimum Gasteiger partial charge on any atom is -0.460 e. The Balaban J connectivity index is 1.99. The van der Waals surface area contributed by atoms with Gasteiger partial charge in [0.05, 0.1) is 22.2 Å². The second-order valence-electron chi connectivity index (χ2n) is 7.50. The van der Waals surface area contributed by atoms with Crippen LogP contribution in [-0.2, 0) is 17.6 Å². The van der Waals surface area contributed by atoms with Crippen LogP contribution in [0.5, 0.6) is 5.75 Å². The lowest BCUT2D eigenvalue weighted by molar-refractivity contribution is -0.385. The molecule has 0 radical (unpaired) electrons. The van der Waals surface area contributed by atoms with Gasteiger partial charge in [0.1, 0.15) is 11.3 Å². The molecule has 1 aliphatic rings. The molecule has 1 aliphatic carbocycles. The van der Waals surface area contributed by atoms with Crippen molar-refractivity contribution in [1.82, 2.24) is 0 Å². The van der Waals surface area contributed by atoms with Gasteiger partial charge in [-0.15, -0.1) is 0 Å². The molecule has 0 fully saturated rings. The first kappa shape index (κ1) is 21.5. The van der Waals surface area contributed by atoms with Crippen molar-refractivity contribution < 1.29 is 18.9 Å². The summed E-state index contributed by atoms with van der Waals surface area (Å²) in [4.78, 5) is 28.0. The van der Waals surface area contributed by atoms with E-state index in [4.69, 9.17) is 9.15 Å². The van der Waals surface area contributed by atoms with E-state index in [2.05, 4.69) is 27.6 Å². The Bertz CT molecular complexity index is 1230. The van der Waals surface area contributed by atoms with Crippen LogP contribution in [0.2, 0.25) is 0 Å². The molecule has 0 aliphatic heterocycles. The number of carbonyl (C=O) groups excluding carboxylic acids is 1. The fourth-order valence-electron chi connectivity index (χ4n) is 3.88. The maximum atomic E-state index is 12.1. The summed E-state index contributed by atoms with van der Waals surface area (Å²) in [7, 11) is 0. The minimum absolute atomic E-state index is 0.0783. The fraction of sp³-hybridized carbons (Fsp3) is 0.304. The van der Waals surface area contributed by atoms with Crippen LogP contribution in [-0.4, -0.2) is 17.1 Å². The number of benzene rings is 2. The van der Waals surface area contributed by atoms with Crippen LogP contribution in [0.4, 0.5) is 11.4 Å². The third kappa shape index (κ3) is 4.21. The maximum absolute atomic E-state index is 12.1. The van der Waals surface area contributed by atoms with Crippen LogP contribution in [0.1, 0.15) is 48.6 Å². The lowest BCUT2D eigenvalue weighted by Crippen LogP contribution is -2.10. The Kier molecular flexibility index (Phi) is 6.08. The highest BCUT2D eigenvalue weighted by Crippen LogP contribution is 2.42. The smallest absolute Gasteiger partial charge is 0.316 e. The first-order valence-corrected chi connectivity index (χ1v) is 11.2. The third-order valence-corrected chi connectivity index (χ3v) is 6.08. The van der Waals surface area contributed by atoms with E-state index in [0.29, 0.717) is 11.1 Å². The highest BCUT2D eigenvalue weighted by molar-refractivity contribution is 14.1. The molecule has 0 spiro atoms. The summed E-state index contributed by atoms with van der Waals surface area (Å²) in [6, 6.07) is 7.21. The Hall–Kier alpha value is -2.75. The molecule has 3 aromatic rings. The number of nitro groups is 1. The van der Waals surface area contributed by atoms with E-state index in [1.165, 1.54) is 6.07 Å². The summed E-state index contributed by atoms with van der Waals surface area (Å²) >= 11 is 2.23. The zero-order valence-corrected chi connectivity index (χ0v) is 19.4. The third-order valence-electron chi connectivity index (χ3n) is 5.41. The van der Waals surface area contributed by atoms with Crippen LogP contribution in [0.15, 0.2) is 33.7 Å². The number of rotatable bonds is 5. The van der Waals surface area contributed by atoms with Gasteiger partial charge in [0, 0.05) is 33.6 Å². The molecule has 2 aromatic carbocycles. The fourth-order valence-corrected chi connectivity index (χ4v) is 4.52. The second kappa shape index (κ2) is 8.78. The van der Waals surface area contributed by atoms with Gasteiger partial charge in [-0.25, -0.2) is 0 Å². The number of aliphatic imine (C=N–C) groups is 1. The van der Waals surface area contributed by atoms with E-state index in [-0.39, 0.29) is 17.9 Å². The largest absolute Gasteiger partial charge is 0.460 e. The first-order chi connectivity index (χ1) is 14.9. The molecule has 0 unspecified atom stereocenters. The quantitative estimate of drug-likeness (QED) is 0.0974. The Morgan fingerprint density at radius 3 is 2.81 bits per heavy atom.